The van der Waals surface area contributed by atoms with Gasteiger partial charge in [-0.1, -0.05) is 26.2 Å². The molecule has 0 unspecified atom stereocenters. The Hall–Kier alpha value is -0.570. The molecule has 1 amide bonds. The Bertz CT molecular complexity index is 266. The molecular formula is C16H30N2O. The maximum Gasteiger partial charge on any atom is 0.236 e. The van der Waals surface area contributed by atoms with Gasteiger partial charge in [-0.3, -0.25) is 4.79 Å². The molecule has 0 atom stereocenters. The number of nitrogens with one attached hydrogen (secondary N) is 1. The molecule has 1 saturated heterocycles. The van der Waals surface area contributed by atoms with E-state index < -0.39 is 0 Å². The van der Waals surface area contributed by atoms with Gasteiger partial charge in [-0.25, -0.2) is 0 Å². The van der Waals surface area contributed by atoms with Crippen LogP contribution in [0.2, 0.25) is 0 Å². The fraction of sp³-hybridized carbons (Fsp3) is 0.938. The normalized spacial score (nSPS) is 28.4. The van der Waals surface area contributed by atoms with Gasteiger partial charge in [-0.2, -0.15) is 0 Å². The summed E-state index contributed by atoms with van der Waals surface area (Å²) in [6.07, 6.45) is 10.5. The lowest BCUT2D eigenvalue weighted by atomic mass is 9.81. The van der Waals surface area contributed by atoms with Crippen LogP contribution in [0.3, 0.4) is 0 Å². The first-order valence-electron chi connectivity index (χ1n) is 8.28. The maximum absolute atomic E-state index is 12.0. The highest BCUT2D eigenvalue weighted by Gasteiger charge is 2.20. The van der Waals surface area contributed by atoms with Gasteiger partial charge in [0.05, 0.1) is 6.54 Å². The van der Waals surface area contributed by atoms with Crippen LogP contribution in [0.1, 0.15) is 58.3 Å². The zero-order valence-electron chi connectivity index (χ0n) is 12.5. The Kier molecular flexibility index (Phi) is 6.15. The summed E-state index contributed by atoms with van der Waals surface area (Å²) >= 11 is 0. The van der Waals surface area contributed by atoms with Gasteiger partial charge in [-0.05, 0) is 50.5 Å². The molecule has 0 spiro atoms. The van der Waals surface area contributed by atoms with Gasteiger partial charge in [0.25, 0.3) is 0 Å². The van der Waals surface area contributed by atoms with Crippen molar-refractivity contribution in [2.75, 3.05) is 26.2 Å². The van der Waals surface area contributed by atoms with E-state index in [-0.39, 0.29) is 0 Å². The van der Waals surface area contributed by atoms with Crippen molar-refractivity contribution >= 4 is 5.91 Å². The van der Waals surface area contributed by atoms with Gasteiger partial charge in [0, 0.05) is 13.1 Å². The Labute approximate surface area is 118 Å². The van der Waals surface area contributed by atoms with Gasteiger partial charge < -0.3 is 10.2 Å². The molecule has 0 aromatic carbocycles. The van der Waals surface area contributed by atoms with E-state index >= 15 is 0 Å². The third-order valence-corrected chi connectivity index (χ3v) is 4.96. The summed E-state index contributed by atoms with van der Waals surface area (Å²) in [6.45, 7) is 5.84. The molecule has 0 aromatic heterocycles. The molecule has 2 aliphatic rings. The second-order valence-corrected chi connectivity index (χ2v) is 6.37. The minimum atomic E-state index is 0.307. The van der Waals surface area contributed by atoms with E-state index in [2.05, 4.69) is 12.2 Å². The topological polar surface area (TPSA) is 32.3 Å². The highest BCUT2D eigenvalue weighted by atomic mass is 16.2. The zero-order valence-corrected chi connectivity index (χ0v) is 12.5. The largest absolute Gasteiger partial charge is 0.342 e. The van der Waals surface area contributed by atoms with Crippen LogP contribution in [0.5, 0.6) is 0 Å². The number of carbonyl (C=O) groups excluding carboxylic acids is 1. The van der Waals surface area contributed by atoms with Crippen molar-refractivity contribution in [1.29, 1.82) is 0 Å². The van der Waals surface area contributed by atoms with Crippen molar-refractivity contribution in [3.63, 3.8) is 0 Å². The molecule has 1 aliphatic heterocycles. The zero-order chi connectivity index (χ0) is 13.5. The van der Waals surface area contributed by atoms with Crippen LogP contribution in [0, 0.1) is 11.8 Å². The molecule has 0 aromatic rings. The molecule has 1 heterocycles. The highest BCUT2D eigenvalue weighted by Crippen LogP contribution is 2.29. The first-order valence-corrected chi connectivity index (χ1v) is 8.28. The predicted octanol–water partition coefficient (Wildman–Crippen LogP) is 2.80. The van der Waals surface area contributed by atoms with Crippen LogP contribution in [-0.4, -0.2) is 37.0 Å². The Morgan fingerprint density at radius 1 is 1.05 bits per heavy atom. The van der Waals surface area contributed by atoms with Gasteiger partial charge in [0.2, 0.25) is 5.91 Å². The molecule has 110 valence electrons. The lowest BCUT2D eigenvalue weighted by molar-refractivity contribution is -0.131. The van der Waals surface area contributed by atoms with Crippen LogP contribution >= 0.6 is 0 Å². The molecule has 1 N–H and O–H groups in total. The first-order chi connectivity index (χ1) is 9.29. The van der Waals surface area contributed by atoms with Crippen LogP contribution in [0.15, 0.2) is 0 Å². The molecule has 0 radical (unpaired) electrons. The van der Waals surface area contributed by atoms with Gasteiger partial charge in [0.1, 0.15) is 0 Å². The third kappa shape index (κ3) is 4.79. The molecule has 1 aliphatic carbocycles. The second kappa shape index (κ2) is 7.88. The number of likely N-dealkylation sites (tertiary alicyclic amines) is 1. The summed E-state index contributed by atoms with van der Waals surface area (Å²) in [5, 5.41) is 3.39. The maximum atomic E-state index is 12.0. The first kappa shape index (κ1) is 14.8. The van der Waals surface area contributed by atoms with Crippen LogP contribution in [0.25, 0.3) is 0 Å². The summed E-state index contributed by atoms with van der Waals surface area (Å²) in [4.78, 5) is 14.0. The fourth-order valence-corrected chi connectivity index (χ4v) is 3.48. The third-order valence-electron chi connectivity index (χ3n) is 4.96. The van der Waals surface area contributed by atoms with Crippen LogP contribution in [0.4, 0.5) is 0 Å². The number of piperidine rings is 1. The minimum absolute atomic E-state index is 0.307. The van der Waals surface area contributed by atoms with E-state index in [1.165, 1.54) is 51.4 Å². The summed E-state index contributed by atoms with van der Waals surface area (Å²) in [7, 11) is 0. The van der Waals surface area contributed by atoms with Crippen molar-refractivity contribution in [1.82, 2.24) is 10.2 Å². The quantitative estimate of drug-likeness (QED) is 0.830. The van der Waals surface area contributed by atoms with E-state index in [0.717, 1.165) is 31.5 Å². The van der Waals surface area contributed by atoms with Crippen molar-refractivity contribution < 1.29 is 4.79 Å². The standard InChI is InChI=1S/C16H30N2O/c1-2-14-6-8-15(9-7-14)12-17-13-16(19)18-10-4-3-5-11-18/h14-15,17H,2-13H2,1H3. The number of hydrogen-bond donors (Lipinski definition) is 1. The number of amides is 1. The average Bonchev–Trinajstić information content (AvgIpc) is 2.49. The highest BCUT2D eigenvalue weighted by molar-refractivity contribution is 5.78. The van der Waals surface area contributed by atoms with Crippen molar-refractivity contribution in [2.24, 2.45) is 11.8 Å². The molecule has 0 bridgehead atoms. The molecule has 3 nitrogen and oxygen atoms in total. The number of nitrogens with zero attached hydrogens (tertiary/aromatic N) is 1. The molecule has 3 heteroatoms. The fourth-order valence-electron chi connectivity index (χ4n) is 3.48. The Morgan fingerprint density at radius 3 is 2.32 bits per heavy atom. The number of rotatable bonds is 5. The number of hydrogen-bond acceptors (Lipinski definition) is 2. The van der Waals surface area contributed by atoms with Crippen molar-refractivity contribution in [2.45, 2.75) is 58.3 Å². The van der Waals surface area contributed by atoms with Crippen molar-refractivity contribution in [3.05, 3.63) is 0 Å². The van der Waals surface area contributed by atoms with Crippen LogP contribution in [-0.2, 0) is 4.79 Å². The number of carbonyl (C=O) groups is 1. The minimum Gasteiger partial charge on any atom is -0.342 e. The van der Waals surface area contributed by atoms with Gasteiger partial charge in [0.15, 0.2) is 0 Å². The average molecular weight is 266 g/mol. The molecular weight excluding hydrogens is 236 g/mol. The summed E-state index contributed by atoms with van der Waals surface area (Å²) < 4.78 is 0. The second-order valence-electron chi connectivity index (χ2n) is 6.37. The lowest BCUT2D eigenvalue weighted by Crippen LogP contribution is -2.42. The molecule has 2 rings (SSSR count). The van der Waals surface area contributed by atoms with E-state index in [9.17, 15) is 4.79 Å². The SMILES string of the molecule is CCC1CCC(CNCC(=O)N2CCCCC2)CC1. The van der Waals surface area contributed by atoms with Gasteiger partial charge >= 0.3 is 0 Å². The van der Waals surface area contributed by atoms with Gasteiger partial charge in [-0.15, -0.1) is 0 Å². The van der Waals surface area contributed by atoms with Crippen molar-refractivity contribution in [3.8, 4) is 0 Å². The summed E-state index contributed by atoms with van der Waals surface area (Å²) in [5.41, 5.74) is 0. The molecule has 1 saturated carbocycles. The molecule has 19 heavy (non-hydrogen) atoms. The Morgan fingerprint density at radius 2 is 1.68 bits per heavy atom. The smallest absolute Gasteiger partial charge is 0.236 e. The monoisotopic (exact) mass is 266 g/mol. The van der Waals surface area contributed by atoms with E-state index in [1.807, 2.05) is 4.90 Å². The summed E-state index contributed by atoms with van der Waals surface area (Å²) in [6, 6.07) is 0. The summed E-state index contributed by atoms with van der Waals surface area (Å²) in [5.74, 6) is 2.07. The van der Waals surface area contributed by atoms with E-state index in [1.54, 1.807) is 0 Å². The molecule has 2 fully saturated rings. The van der Waals surface area contributed by atoms with Crippen LogP contribution < -0.4 is 5.32 Å². The van der Waals surface area contributed by atoms with E-state index in [4.69, 9.17) is 0 Å². The Balaban J connectivity index is 1.57. The van der Waals surface area contributed by atoms with E-state index in [0.29, 0.717) is 12.5 Å². The predicted molar refractivity (Wildman–Crippen MR) is 79.0 cm³/mol. The lowest BCUT2D eigenvalue weighted by Gasteiger charge is -2.29.